The fourth-order valence-electron chi connectivity index (χ4n) is 2.97. The summed E-state index contributed by atoms with van der Waals surface area (Å²) in [5, 5.41) is 0.936. The van der Waals surface area contributed by atoms with Crippen LogP contribution in [0.2, 0.25) is 0 Å². The van der Waals surface area contributed by atoms with Crippen molar-refractivity contribution in [2.24, 2.45) is 0 Å². The molecule has 5 nitrogen and oxygen atoms in total. The molecule has 0 saturated carbocycles. The summed E-state index contributed by atoms with van der Waals surface area (Å²) in [6, 6.07) is 11.2. The molecule has 0 bridgehead atoms. The molecular weight excluding hydrogens is 322 g/mol. The van der Waals surface area contributed by atoms with Crippen LogP contribution in [0.1, 0.15) is 29.5 Å². The number of nitrogens with zero attached hydrogens (tertiary/aromatic N) is 3. The molecule has 6 heteroatoms. The first-order chi connectivity index (χ1) is 11.7. The predicted octanol–water partition coefficient (Wildman–Crippen LogP) is 4.34. The number of benzene rings is 1. The van der Waals surface area contributed by atoms with Gasteiger partial charge in [0.1, 0.15) is 10.8 Å². The van der Waals surface area contributed by atoms with Gasteiger partial charge in [0.05, 0.1) is 10.7 Å². The Morgan fingerprint density at radius 3 is 3.00 bits per heavy atom. The van der Waals surface area contributed by atoms with Crippen LogP contribution < -0.4 is 4.74 Å². The maximum atomic E-state index is 12.5. The first kappa shape index (κ1) is 15.1. The average Bonchev–Trinajstić information content (AvgIpc) is 3.21. The Balaban J connectivity index is 1.58. The van der Waals surface area contributed by atoms with Crippen molar-refractivity contribution in [1.29, 1.82) is 0 Å². The summed E-state index contributed by atoms with van der Waals surface area (Å²) in [5.74, 6) is 0.565. The van der Waals surface area contributed by atoms with E-state index in [2.05, 4.69) is 16.0 Å². The molecule has 1 atom stereocenters. The summed E-state index contributed by atoms with van der Waals surface area (Å²) in [5.41, 5.74) is 1.87. The number of pyridine rings is 1. The van der Waals surface area contributed by atoms with Gasteiger partial charge in [-0.3, -0.25) is 4.90 Å². The molecule has 1 amide bonds. The second-order valence-electron chi connectivity index (χ2n) is 5.92. The van der Waals surface area contributed by atoms with E-state index in [1.54, 1.807) is 28.4 Å². The SMILES string of the molecule is Cc1cnc2nc([C@@H]3CCCN3C(=O)Oc3ccccc3)sc2c1. The van der Waals surface area contributed by atoms with Crippen LogP contribution >= 0.6 is 11.3 Å². The number of aryl methyl sites for hydroxylation is 1. The highest BCUT2D eigenvalue weighted by Crippen LogP contribution is 2.36. The van der Waals surface area contributed by atoms with E-state index < -0.39 is 0 Å². The Hall–Kier alpha value is -2.47. The van der Waals surface area contributed by atoms with Crippen LogP contribution in [0.5, 0.6) is 5.75 Å². The number of para-hydroxylation sites is 1. The summed E-state index contributed by atoms with van der Waals surface area (Å²) >= 11 is 1.61. The molecule has 1 aromatic carbocycles. The Morgan fingerprint density at radius 2 is 2.17 bits per heavy atom. The molecule has 0 unspecified atom stereocenters. The van der Waals surface area contributed by atoms with E-state index in [1.165, 1.54) is 0 Å². The van der Waals surface area contributed by atoms with Gasteiger partial charge in [0.25, 0.3) is 0 Å². The summed E-state index contributed by atoms with van der Waals surface area (Å²) in [6.45, 7) is 2.71. The van der Waals surface area contributed by atoms with Crippen LogP contribution in [-0.2, 0) is 0 Å². The lowest BCUT2D eigenvalue weighted by Gasteiger charge is -2.22. The van der Waals surface area contributed by atoms with Gasteiger partial charge in [0, 0.05) is 12.7 Å². The van der Waals surface area contributed by atoms with Gasteiger partial charge in [-0.25, -0.2) is 14.8 Å². The Bertz CT molecular complexity index is 878. The predicted molar refractivity (Wildman–Crippen MR) is 93.3 cm³/mol. The van der Waals surface area contributed by atoms with Crippen molar-refractivity contribution < 1.29 is 9.53 Å². The molecular formula is C18H17N3O2S. The van der Waals surface area contributed by atoms with Crippen molar-refractivity contribution in [1.82, 2.24) is 14.9 Å². The van der Waals surface area contributed by atoms with Crippen molar-refractivity contribution in [3.8, 4) is 5.75 Å². The molecule has 2 aromatic heterocycles. The standard InChI is InChI=1S/C18H17N3O2S/c1-12-10-15-16(19-11-12)20-17(24-15)14-8-5-9-21(14)18(22)23-13-6-3-2-4-7-13/h2-4,6-7,10-11,14H,5,8-9H2,1H3/t14-/m0/s1. The van der Waals surface area contributed by atoms with Crippen LogP contribution in [-0.4, -0.2) is 27.5 Å². The van der Waals surface area contributed by atoms with Gasteiger partial charge in [-0.15, -0.1) is 11.3 Å². The van der Waals surface area contributed by atoms with Crippen molar-refractivity contribution in [2.75, 3.05) is 6.54 Å². The number of thiazole rings is 1. The normalized spacial score (nSPS) is 17.4. The minimum Gasteiger partial charge on any atom is -0.410 e. The Kier molecular flexibility index (Phi) is 3.90. The zero-order valence-electron chi connectivity index (χ0n) is 13.3. The smallest absolute Gasteiger partial charge is 0.410 e. The van der Waals surface area contributed by atoms with E-state index in [0.29, 0.717) is 12.3 Å². The molecule has 3 aromatic rings. The minimum absolute atomic E-state index is 0.0271. The van der Waals surface area contributed by atoms with Crippen LogP contribution in [0, 0.1) is 6.92 Å². The molecule has 4 rings (SSSR count). The van der Waals surface area contributed by atoms with E-state index in [1.807, 2.05) is 31.3 Å². The molecule has 1 fully saturated rings. The number of amides is 1. The Labute approximate surface area is 143 Å². The minimum atomic E-state index is -0.313. The third kappa shape index (κ3) is 2.85. The number of carbonyl (C=O) groups is 1. The van der Waals surface area contributed by atoms with E-state index in [4.69, 9.17) is 4.74 Å². The fraction of sp³-hybridized carbons (Fsp3) is 0.278. The number of hydrogen-bond donors (Lipinski definition) is 0. The monoisotopic (exact) mass is 339 g/mol. The lowest BCUT2D eigenvalue weighted by atomic mass is 10.2. The van der Waals surface area contributed by atoms with Gasteiger partial charge in [0.2, 0.25) is 0 Å². The number of aromatic nitrogens is 2. The summed E-state index contributed by atoms with van der Waals surface area (Å²) < 4.78 is 6.55. The zero-order chi connectivity index (χ0) is 16.5. The number of rotatable bonds is 2. The topological polar surface area (TPSA) is 55.3 Å². The van der Waals surface area contributed by atoms with E-state index >= 15 is 0 Å². The molecule has 24 heavy (non-hydrogen) atoms. The van der Waals surface area contributed by atoms with Gasteiger partial charge in [-0.05, 0) is 43.5 Å². The van der Waals surface area contributed by atoms with E-state index in [9.17, 15) is 4.79 Å². The average molecular weight is 339 g/mol. The van der Waals surface area contributed by atoms with Crippen molar-refractivity contribution in [3.63, 3.8) is 0 Å². The van der Waals surface area contributed by atoms with Gasteiger partial charge in [-0.1, -0.05) is 18.2 Å². The highest BCUT2D eigenvalue weighted by molar-refractivity contribution is 7.18. The maximum absolute atomic E-state index is 12.5. The van der Waals surface area contributed by atoms with Crippen molar-refractivity contribution >= 4 is 27.8 Å². The second-order valence-corrected chi connectivity index (χ2v) is 6.98. The first-order valence-corrected chi connectivity index (χ1v) is 8.79. The quantitative estimate of drug-likeness (QED) is 0.697. The molecule has 1 aliphatic rings. The highest BCUT2D eigenvalue weighted by atomic mass is 32.1. The molecule has 0 radical (unpaired) electrons. The van der Waals surface area contributed by atoms with Gasteiger partial charge in [0.15, 0.2) is 5.65 Å². The van der Waals surface area contributed by atoms with Crippen LogP contribution in [0.4, 0.5) is 4.79 Å². The van der Waals surface area contributed by atoms with Gasteiger partial charge >= 0.3 is 6.09 Å². The summed E-state index contributed by atoms with van der Waals surface area (Å²) in [7, 11) is 0. The maximum Gasteiger partial charge on any atom is 0.415 e. The second kappa shape index (κ2) is 6.20. The van der Waals surface area contributed by atoms with Crippen molar-refractivity contribution in [2.45, 2.75) is 25.8 Å². The third-order valence-electron chi connectivity index (χ3n) is 4.12. The Morgan fingerprint density at radius 1 is 1.33 bits per heavy atom. The molecule has 3 heterocycles. The van der Waals surface area contributed by atoms with E-state index in [0.717, 1.165) is 33.8 Å². The molecule has 0 N–H and O–H groups in total. The largest absolute Gasteiger partial charge is 0.415 e. The molecule has 122 valence electrons. The van der Waals surface area contributed by atoms with Gasteiger partial charge in [-0.2, -0.15) is 0 Å². The number of fused-ring (bicyclic) bond motifs is 1. The number of ether oxygens (including phenoxy) is 1. The van der Waals surface area contributed by atoms with Crippen molar-refractivity contribution in [3.05, 3.63) is 53.2 Å². The third-order valence-corrected chi connectivity index (χ3v) is 5.21. The summed E-state index contributed by atoms with van der Waals surface area (Å²) in [4.78, 5) is 23.3. The summed E-state index contributed by atoms with van der Waals surface area (Å²) in [6.07, 6.45) is 3.37. The number of carbonyl (C=O) groups excluding carboxylic acids is 1. The fourth-order valence-corrected chi connectivity index (χ4v) is 4.14. The lowest BCUT2D eigenvalue weighted by molar-refractivity contribution is 0.147. The van der Waals surface area contributed by atoms with Crippen LogP contribution in [0.25, 0.3) is 10.3 Å². The first-order valence-electron chi connectivity index (χ1n) is 7.97. The number of hydrogen-bond acceptors (Lipinski definition) is 5. The van der Waals surface area contributed by atoms with Crippen LogP contribution in [0.3, 0.4) is 0 Å². The molecule has 1 saturated heterocycles. The van der Waals surface area contributed by atoms with E-state index in [-0.39, 0.29) is 12.1 Å². The molecule has 1 aliphatic heterocycles. The van der Waals surface area contributed by atoms with Crippen LogP contribution in [0.15, 0.2) is 42.6 Å². The lowest BCUT2D eigenvalue weighted by Crippen LogP contribution is -2.33. The molecule has 0 aliphatic carbocycles. The molecule has 0 spiro atoms. The highest BCUT2D eigenvalue weighted by Gasteiger charge is 2.33. The van der Waals surface area contributed by atoms with Gasteiger partial charge < -0.3 is 4.74 Å². The zero-order valence-corrected chi connectivity index (χ0v) is 14.1. The number of likely N-dealkylation sites (tertiary alicyclic amines) is 1.